The molecule has 2 fully saturated rings. The highest BCUT2D eigenvalue weighted by molar-refractivity contribution is 5.82. The number of aliphatic hydroxyl groups excluding tert-OH is 1. The van der Waals surface area contributed by atoms with E-state index < -0.39 is 6.10 Å². The first-order valence-electron chi connectivity index (χ1n) is 10.6. The first kappa shape index (κ1) is 21.6. The minimum absolute atomic E-state index is 0.0474. The second kappa shape index (κ2) is 10.1. The molecule has 0 aliphatic carbocycles. The number of likely N-dealkylation sites (tertiary alicyclic amines) is 2. The number of hydrogen-bond acceptors (Lipinski definition) is 5. The van der Waals surface area contributed by atoms with E-state index in [0.29, 0.717) is 25.9 Å². The van der Waals surface area contributed by atoms with Gasteiger partial charge in [0.25, 0.3) is 0 Å². The van der Waals surface area contributed by atoms with Gasteiger partial charge in [-0.15, -0.1) is 0 Å². The van der Waals surface area contributed by atoms with Gasteiger partial charge in [-0.3, -0.25) is 14.5 Å². The van der Waals surface area contributed by atoms with Crippen molar-refractivity contribution in [1.82, 2.24) is 15.1 Å². The number of nitrogens with zero attached hydrogens (tertiary/aromatic N) is 2. The Morgan fingerprint density at radius 2 is 2.03 bits per heavy atom. The summed E-state index contributed by atoms with van der Waals surface area (Å²) in [6.45, 7) is 4.43. The van der Waals surface area contributed by atoms with Crippen LogP contribution in [0.4, 0.5) is 0 Å². The van der Waals surface area contributed by atoms with Crippen LogP contribution in [-0.4, -0.2) is 71.7 Å². The van der Waals surface area contributed by atoms with E-state index in [-0.39, 0.29) is 23.9 Å². The fourth-order valence-corrected chi connectivity index (χ4v) is 4.41. The lowest BCUT2D eigenvalue weighted by Crippen LogP contribution is -2.52. The summed E-state index contributed by atoms with van der Waals surface area (Å²) < 4.78 is 5.23. The van der Waals surface area contributed by atoms with Gasteiger partial charge in [0.2, 0.25) is 11.8 Å². The molecule has 7 heteroatoms. The number of aliphatic hydroxyl groups is 1. The molecule has 3 rings (SSSR count). The second-order valence-electron chi connectivity index (χ2n) is 8.03. The number of rotatable bonds is 7. The van der Waals surface area contributed by atoms with Crippen molar-refractivity contribution in [2.45, 2.75) is 63.8 Å². The van der Waals surface area contributed by atoms with Gasteiger partial charge in [-0.1, -0.05) is 19.1 Å². The summed E-state index contributed by atoms with van der Waals surface area (Å²) in [7, 11) is 1.62. The quantitative estimate of drug-likeness (QED) is 0.722. The average Bonchev–Trinajstić information content (AvgIpc) is 3.14. The van der Waals surface area contributed by atoms with E-state index in [9.17, 15) is 14.7 Å². The number of methoxy groups -OCH3 is 1. The molecule has 2 aliphatic heterocycles. The smallest absolute Gasteiger partial charge is 0.237 e. The first-order valence-corrected chi connectivity index (χ1v) is 10.6. The predicted octanol–water partition coefficient (Wildman–Crippen LogP) is 1.54. The molecular formula is C22H33N3O4. The number of ether oxygens (including phenoxy) is 1. The molecule has 29 heavy (non-hydrogen) atoms. The molecule has 0 unspecified atom stereocenters. The predicted molar refractivity (Wildman–Crippen MR) is 110 cm³/mol. The van der Waals surface area contributed by atoms with Crippen LogP contribution in [0.25, 0.3) is 0 Å². The summed E-state index contributed by atoms with van der Waals surface area (Å²) in [6, 6.07) is 7.54. The summed E-state index contributed by atoms with van der Waals surface area (Å²) in [5.74, 6) is 0.938. The molecule has 0 saturated carbocycles. The highest BCUT2D eigenvalue weighted by Gasteiger charge is 2.40. The van der Waals surface area contributed by atoms with Gasteiger partial charge >= 0.3 is 0 Å². The van der Waals surface area contributed by atoms with Crippen molar-refractivity contribution in [2.24, 2.45) is 0 Å². The fraction of sp³-hybridized carbons (Fsp3) is 0.636. The average molecular weight is 404 g/mol. The monoisotopic (exact) mass is 403 g/mol. The van der Waals surface area contributed by atoms with Crippen LogP contribution in [0.2, 0.25) is 0 Å². The zero-order valence-corrected chi connectivity index (χ0v) is 17.5. The van der Waals surface area contributed by atoms with Crippen molar-refractivity contribution in [1.29, 1.82) is 0 Å². The summed E-state index contributed by atoms with van der Waals surface area (Å²) >= 11 is 0. The van der Waals surface area contributed by atoms with Crippen LogP contribution < -0.4 is 10.1 Å². The lowest BCUT2D eigenvalue weighted by molar-refractivity contribution is -0.134. The number of carbonyl (C=O) groups is 2. The number of benzene rings is 1. The number of piperidine rings is 1. The Morgan fingerprint density at radius 1 is 1.28 bits per heavy atom. The third-order valence-electron chi connectivity index (χ3n) is 5.97. The van der Waals surface area contributed by atoms with Crippen molar-refractivity contribution in [2.75, 3.05) is 26.7 Å². The van der Waals surface area contributed by atoms with Crippen LogP contribution >= 0.6 is 0 Å². The van der Waals surface area contributed by atoms with Gasteiger partial charge in [0.05, 0.1) is 19.3 Å². The highest BCUT2D eigenvalue weighted by Crippen LogP contribution is 2.27. The Balaban J connectivity index is 1.55. The van der Waals surface area contributed by atoms with Crippen LogP contribution in [0.1, 0.15) is 44.6 Å². The summed E-state index contributed by atoms with van der Waals surface area (Å²) in [4.78, 5) is 29.1. The fourth-order valence-electron chi connectivity index (χ4n) is 4.41. The van der Waals surface area contributed by atoms with E-state index >= 15 is 0 Å². The van der Waals surface area contributed by atoms with E-state index in [0.717, 1.165) is 43.7 Å². The van der Waals surface area contributed by atoms with Crippen molar-refractivity contribution in [3.05, 3.63) is 29.8 Å². The summed E-state index contributed by atoms with van der Waals surface area (Å²) in [6.07, 6.45) is 3.14. The Kier molecular flexibility index (Phi) is 7.50. The van der Waals surface area contributed by atoms with Crippen molar-refractivity contribution in [3.8, 4) is 5.75 Å². The molecule has 2 amide bonds. The van der Waals surface area contributed by atoms with Crippen LogP contribution in [0.15, 0.2) is 24.3 Å². The summed E-state index contributed by atoms with van der Waals surface area (Å²) in [5.41, 5.74) is 0.977. The second-order valence-corrected chi connectivity index (χ2v) is 8.03. The minimum Gasteiger partial charge on any atom is -0.497 e. The van der Waals surface area contributed by atoms with Crippen LogP contribution in [-0.2, 0) is 16.1 Å². The Labute approximate surface area is 173 Å². The lowest BCUT2D eigenvalue weighted by Gasteiger charge is -2.39. The van der Waals surface area contributed by atoms with E-state index in [2.05, 4.69) is 10.2 Å². The molecule has 2 atom stereocenters. The zero-order chi connectivity index (χ0) is 20.8. The topological polar surface area (TPSA) is 82.1 Å². The van der Waals surface area contributed by atoms with Crippen LogP contribution in [0, 0.1) is 0 Å². The van der Waals surface area contributed by atoms with Gasteiger partial charge in [-0.25, -0.2) is 0 Å². The number of amides is 2. The molecule has 160 valence electrons. The Bertz CT molecular complexity index is 703. The molecule has 1 aromatic rings. The number of carbonyl (C=O) groups excluding carboxylic acids is 2. The minimum atomic E-state index is -0.484. The maximum Gasteiger partial charge on any atom is 0.237 e. The molecule has 0 aromatic heterocycles. The highest BCUT2D eigenvalue weighted by atomic mass is 16.5. The van der Waals surface area contributed by atoms with Crippen LogP contribution in [0.5, 0.6) is 5.75 Å². The molecule has 2 N–H and O–H groups in total. The maximum atomic E-state index is 12.9. The molecule has 2 saturated heterocycles. The van der Waals surface area contributed by atoms with Crippen molar-refractivity contribution in [3.63, 3.8) is 0 Å². The van der Waals surface area contributed by atoms with Gasteiger partial charge in [0.1, 0.15) is 5.75 Å². The van der Waals surface area contributed by atoms with Gasteiger partial charge < -0.3 is 20.1 Å². The van der Waals surface area contributed by atoms with E-state index in [1.807, 2.05) is 36.1 Å². The zero-order valence-electron chi connectivity index (χ0n) is 17.5. The maximum absolute atomic E-state index is 12.9. The first-order chi connectivity index (χ1) is 14.0. The van der Waals surface area contributed by atoms with Gasteiger partial charge in [-0.2, -0.15) is 0 Å². The number of nitrogens with one attached hydrogen (secondary N) is 1. The molecule has 2 aliphatic rings. The Morgan fingerprint density at radius 3 is 2.72 bits per heavy atom. The van der Waals surface area contributed by atoms with E-state index in [1.165, 1.54) is 0 Å². The lowest BCUT2D eigenvalue weighted by atomic mass is 10.0. The normalized spacial score (nSPS) is 23.2. The largest absolute Gasteiger partial charge is 0.497 e. The van der Waals surface area contributed by atoms with Crippen molar-refractivity contribution >= 4 is 11.8 Å². The Hall–Kier alpha value is -2.12. The molecule has 0 bridgehead atoms. The SMILES string of the molecule is CCCC(=O)N1CCC(N2C[C@H](O)C[C@H]2C(=O)NCc2cccc(OC)c2)CC1. The summed E-state index contributed by atoms with van der Waals surface area (Å²) in [5, 5.41) is 13.2. The number of β-amino-alcohol motifs (C(OH)–C–C–N with tert-alkyl or cyclic N) is 1. The molecular weight excluding hydrogens is 370 g/mol. The third-order valence-corrected chi connectivity index (χ3v) is 5.97. The molecule has 0 spiro atoms. The van der Waals surface area contributed by atoms with Crippen molar-refractivity contribution < 1.29 is 19.4 Å². The van der Waals surface area contributed by atoms with Gasteiger partial charge in [0, 0.05) is 38.6 Å². The molecule has 7 nitrogen and oxygen atoms in total. The third kappa shape index (κ3) is 5.48. The number of hydrogen-bond donors (Lipinski definition) is 2. The van der Waals surface area contributed by atoms with E-state index in [1.54, 1.807) is 7.11 Å². The molecule has 0 radical (unpaired) electrons. The van der Waals surface area contributed by atoms with Crippen LogP contribution in [0.3, 0.4) is 0 Å². The van der Waals surface area contributed by atoms with Gasteiger partial charge in [0.15, 0.2) is 0 Å². The standard InChI is InChI=1S/C22H33N3O4/c1-3-5-21(27)24-10-8-17(9-11-24)25-15-18(26)13-20(25)22(28)23-14-16-6-4-7-19(12-16)29-2/h4,6-7,12,17-18,20,26H,3,5,8-11,13-15H2,1-2H3,(H,23,28)/t18-,20+/m1/s1. The molecule has 2 heterocycles. The molecule has 1 aromatic carbocycles. The van der Waals surface area contributed by atoms with E-state index in [4.69, 9.17) is 4.74 Å². The van der Waals surface area contributed by atoms with Gasteiger partial charge in [-0.05, 0) is 43.4 Å².